The van der Waals surface area contributed by atoms with E-state index in [0.29, 0.717) is 11.4 Å². The molecule has 3 aromatic rings. The van der Waals surface area contributed by atoms with Crippen molar-refractivity contribution in [3.63, 3.8) is 0 Å². The van der Waals surface area contributed by atoms with E-state index in [1.165, 1.54) is 40.9 Å². The molecule has 3 rings (SSSR count). The topological polar surface area (TPSA) is 76.8 Å². The molecule has 0 radical (unpaired) electrons. The molecule has 2 aromatic carbocycles. The van der Waals surface area contributed by atoms with Crippen LogP contribution in [0.25, 0.3) is 0 Å². The van der Waals surface area contributed by atoms with Crippen LogP contribution in [0.4, 0.5) is 5.69 Å². The quantitative estimate of drug-likeness (QED) is 0.424. The Morgan fingerprint density at radius 1 is 1.07 bits per heavy atom. The van der Waals surface area contributed by atoms with E-state index in [1.54, 1.807) is 42.5 Å². The zero-order chi connectivity index (χ0) is 20.0. The van der Waals surface area contributed by atoms with E-state index in [1.807, 2.05) is 0 Å². The van der Waals surface area contributed by atoms with Crippen molar-refractivity contribution in [3.8, 4) is 0 Å². The van der Waals surface area contributed by atoms with Gasteiger partial charge in [-0.05, 0) is 42.5 Å². The molecule has 6 nitrogen and oxygen atoms in total. The summed E-state index contributed by atoms with van der Waals surface area (Å²) in [7, 11) is -3.89. The van der Waals surface area contributed by atoms with Crippen LogP contribution >= 0.6 is 0 Å². The van der Waals surface area contributed by atoms with Crippen molar-refractivity contribution in [2.45, 2.75) is 11.5 Å². The van der Waals surface area contributed by atoms with Crippen LogP contribution in [0.2, 0.25) is 0 Å². The first-order chi connectivity index (χ1) is 13.5. The lowest BCUT2D eigenvalue weighted by Crippen LogP contribution is -2.31. The van der Waals surface area contributed by atoms with Gasteiger partial charge in [0, 0.05) is 0 Å². The highest BCUT2D eigenvalue weighted by Crippen LogP contribution is 2.24. The van der Waals surface area contributed by atoms with E-state index < -0.39 is 16.0 Å². The van der Waals surface area contributed by atoms with Gasteiger partial charge in [0.1, 0.15) is 12.4 Å². The Labute approximate surface area is 163 Å². The van der Waals surface area contributed by atoms with Gasteiger partial charge < -0.3 is 9.15 Å². The number of carbonyl (C=O) groups is 1. The Hall–Kier alpha value is -3.32. The number of carbonyl (C=O) groups excluding carboxylic acids is 1. The molecule has 144 valence electrons. The van der Waals surface area contributed by atoms with Crippen LogP contribution in [0.5, 0.6) is 0 Å². The number of hydrogen-bond acceptors (Lipinski definition) is 5. The third-order valence-corrected chi connectivity index (χ3v) is 5.71. The summed E-state index contributed by atoms with van der Waals surface area (Å²) in [6.07, 6.45) is 2.99. The summed E-state index contributed by atoms with van der Waals surface area (Å²) in [5, 5.41) is 0. The molecule has 1 aromatic heterocycles. The van der Waals surface area contributed by atoms with E-state index in [4.69, 9.17) is 9.15 Å². The number of rotatable bonds is 8. The van der Waals surface area contributed by atoms with Crippen LogP contribution in [0.15, 0.2) is 95.0 Å². The minimum absolute atomic E-state index is 0.00866. The molecule has 7 heteroatoms. The lowest BCUT2D eigenvalue weighted by molar-refractivity contribution is 0.0445. The van der Waals surface area contributed by atoms with Gasteiger partial charge in [0.15, 0.2) is 0 Å². The summed E-state index contributed by atoms with van der Waals surface area (Å²) in [6, 6.07) is 17.8. The molecule has 1 heterocycles. The van der Waals surface area contributed by atoms with Gasteiger partial charge in [-0.2, -0.15) is 0 Å². The smallest absolute Gasteiger partial charge is 0.338 e. The predicted octanol–water partition coefficient (Wildman–Crippen LogP) is 4.02. The molecular weight excluding hydrogens is 378 g/mol. The number of ether oxygens (including phenoxy) is 1. The molecule has 0 fully saturated rings. The van der Waals surface area contributed by atoms with E-state index >= 15 is 0 Å². The third kappa shape index (κ3) is 4.32. The average molecular weight is 397 g/mol. The first kappa shape index (κ1) is 19.4. The first-order valence-corrected chi connectivity index (χ1v) is 9.94. The van der Waals surface area contributed by atoms with Crippen LogP contribution in [0.1, 0.15) is 16.1 Å². The number of hydrogen-bond donors (Lipinski definition) is 0. The van der Waals surface area contributed by atoms with Crippen molar-refractivity contribution in [3.05, 3.63) is 97.0 Å². The predicted molar refractivity (Wildman–Crippen MR) is 105 cm³/mol. The number of sulfonamides is 1. The van der Waals surface area contributed by atoms with Gasteiger partial charge in [-0.25, -0.2) is 13.2 Å². The number of esters is 1. The maximum atomic E-state index is 13.2. The van der Waals surface area contributed by atoms with Crippen molar-refractivity contribution in [1.29, 1.82) is 0 Å². The normalized spacial score (nSPS) is 11.0. The van der Waals surface area contributed by atoms with Crippen LogP contribution in [-0.2, 0) is 21.4 Å². The molecule has 0 aliphatic rings. The second kappa shape index (κ2) is 8.58. The standard InChI is InChI=1S/C21H19NO5S/c1-2-13-22(18-9-4-3-5-10-18)28(24,25)20-12-6-8-17(15-20)21(23)27-16-19-11-7-14-26-19/h2-12,14-15H,1,13,16H2. The lowest BCUT2D eigenvalue weighted by Gasteiger charge is -2.23. The van der Waals surface area contributed by atoms with Crippen LogP contribution < -0.4 is 4.31 Å². The van der Waals surface area contributed by atoms with Gasteiger partial charge in [-0.3, -0.25) is 4.31 Å². The Morgan fingerprint density at radius 3 is 2.54 bits per heavy atom. The zero-order valence-electron chi connectivity index (χ0n) is 15.0. The molecule has 0 saturated heterocycles. The van der Waals surface area contributed by atoms with Gasteiger partial charge in [0.2, 0.25) is 0 Å². The van der Waals surface area contributed by atoms with E-state index in [0.717, 1.165) is 0 Å². The van der Waals surface area contributed by atoms with Gasteiger partial charge in [0.05, 0.1) is 29.0 Å². The molecule has 0 bridgehead atoms. The van der Waals surface area contributed by atoms with Crippen molar-refractivity contribution < 1.29 is 22.4 Å². The maximum absolute atomic E-state index is 13.2. The van der Waals surface area contributed by atoms with Gasteiger partial charge >= 0.3 is 5.97 Å². The Kier molecular flexibility index (Phi) is 5.96. The number of benzene rings is 2. The van der Waals surface area contributed by atoms with Crippen LogP contribution in [-0.4, -0.2) is 20.9 Å². The fourth-order valence-electron chi connectivity index (χ4n) is 2.58. The molecule has 0 spiro atoms. The Morgan fingerprint density at radius 2 is 1.86 bits per heavy atom. The maximum Gasteiger partial charge on any atom is 0.338 e. The second-order valence-electron chi connectivity index (χ2n) is 5.84. The van der Waals surface area contributed by atoms with Gasteiger partial charge in [0.25, 0.3) is 10.0 Å². The summed E-state index contributed by atoms with van der Waals surface area (Å²) in [5.41, 5.74) is 0.646. The molecule has 0 unspecified atom stereocenters. The number of nitrogens with zero attached hydrogens (tertiary/aromatic N) is 1. The van der Waals surface area contributed by atoms with E-state index in [2.05, 4.69) is 6.58 Å². The Balaban J connectivity index is 1.86. The monoisotopic (exact) mass is 397 g/mol. The van der Waals surface area contributed by atoms with Crippen molar-refractivity contribution in [2.75, 3.05) is 10.8 Å². The fourth-order valence-corrected chi connectivity index (χ4v) is 4.06. The lowest BCUT2D eigenvalue weighted by atomic mass is 10.2. The highest BCUT2D eigenvalue weighted by Gasteiger charge is 2.25. The van der Waals surface area contributed by atoms with Crippen molar-refractivity contribution >= 4 is 21.7 Å². The molecule has 0 atom stereocenters. The Bertz CT molecular complexity index is 1040. The first-order valence-electron chi connectivity index (χ1n) is 8.50. The summed E-state index contributed by atoms with van der Waals surface area (Å²) in [5.74, 6) is -0.137. The fraction of sp³-hybridized carbons (Fsp3) is 0.0952. The molecular formula is C21H19NO5S. The summed E-state index contributed by atoms with van der Waals surface area (Å²) >= 11 is 0. The number of anilines is 1. The summed E-state index contributed by atoms with van der Waals surface area (Å²) in [6.45, 7) is 3.70. The molecule has 0 aliphatic heterocycles. The second-order valence-corrected chi connectivity index (χ2v) is 7.71. The van der Waals surface area contributed by atoms with E-state index in [-0.39, 0.29) is 23.6 Å². The largest absolute Gasteiger partial charge is 0.466 e. The van der Waals surface area contributed by atoms with Crippen molar-refractivity contribution in [2.24, 2.45) is 0 Å². The number of furan rings is 1. The minimum Gasteiger partial charge on any atom is -0.466 e. The highest BCUT2D eigenvalue weighted by atomic mass is 32.2. The molecule has 0 saturated carbocycles. The third-order valence-electron chi connectivity index (χ3n) is 3.92. The van der Waals surface area contributed by atoms with Crippen molar-refractivity contribution in [1.82, 2.24) is 0 Å². The SMILES string of the molecule is C=CCN(c1ccccc1)S(=O)(=O)c1cccc(C(=O)OCc2ccco2)c1. The van der Waals surface area contributed by atoms with Crippen LogP contribution in [0, 0.1) is 0 Å². The van der Waals surface area contributed by atoms with Gasteiger partial charge in [-0.1, -0.05) is 30.3 Å². The zero-order valence-corrected chi connectivity index (χ0v) is 15.8. The average Bonchev–Trinajstić information content (AvgIpc) is 3.24. The van der Waals surface area contributed by atoms with Gasteiger partial charge in [-0.15, -0.1) is 6.58 Å². The summed E-state index contributed by atoms with van der Waals surface area (Å²) < 4.78 is 37.8. The molecule has 0 aliphatic carbocycles. The van der Waals surface area contributed by atoms with Crippen LogP contribution in [0.3, 0.4) is 0 Å². The molecule has 0 amide bonds. The molecule has 0 N–H and O–H groups in total. The minimum atomic E-state index is -3.89. The van der Waals surface area contributed by atoms with E-state index in [9.17, 15) is 13.2 Å². The highest BCUT2D eigenvalue weighted by molar-refractivity contribution is 7.92. The number of para-hydroxylation sites is 1. The summed E-state index contributed by atoms with van der Waals surface area (Å²) in [4.78, 5) is 12.3. The molecule has 28 heavy (non-hydrogen) atoms.